The van der Waals surface area contributed by atoms with Crippen molar-refractivity contribution in [1.82, 2.24) is 19.9 Å². The fourth-order valence-electron chi connectivity index (χ4n) is 10.3. The maximum atomic E-state index is 14.8. The first kappa shape index (κ1) is 45.9. The summed E-state index contributed by atoms with van der Waals surface area (Å²) < 4.78 is 0. The van der Waals surface area contributed by atoms with Crippen LogP contribution >= 0.6 is 0 Å². The highest BCUT2D eigenvalue weighted by Crippen LogP contribution is 2.44. The van der Waals surface area contributed by atoms with Crippen molar-refractivity contribution in [1.29, 1.82) is 0 Å². The smallest absolute Gasteiger partial charge is 0.165 e. The number of rotatable bonds is 3. The molecule has 69 heavy (non-hydrogen) atoms. The molecule has 3 aliphatic rings. The first-order valence-corrected chi connectivity index (χ1v) is 24.7. The number of ketones is 1. The maximum absolute atomic E-state index is 14.8. The highest BCUT2D eigenvalue weighted by Gasteiger charge is 2.29. The monoisotopic (exact) mass is 907 g/mol. The normalized spacial score (nSPS) is 14.0. The van der Waals surface area contributed by atoms with Gasteiger partial charge in [0, 0.05) is 50.8 Å². The van der Waals surface area contributed by atoms with Gasteiger partial charge in [-0.05, 0) is 133 Å². The molecule has 348 valence electrons. The first-order valence-electron chi connectivity index (χ1n) is 24.7. The molecule has 0 saturated heterocycles. The van der Waals surface area contributed by atoms with Gasteiger partial charge in [-0.3, -0.25) is 4.79 Å². The van der Waals surface area contributed by atoms with Crippen LogP contribution in [0, 0.1) is 6.92 Å². The molecule has 0 fully saturated rings. The fourth-order valence-corrected chi connectivity index (χ4v) is 10.3. The van der Waals surface area contributed by atoms with Gasteiger partial charge in [0.1, 0.15) is 0 Å². The molecule has 8 bridgehead atoms. The average molecular weight is 907 g/mol. The van der Waals surface area contributed by atoms with Gasteiger partial charge >= 0.3 is 0 Å². The highest BCUT2D eigenvalue weighted by atomic mass is 16.1. The number of carbonyl (C=O) groups excluding carboxylic acids is 1. The molecule has 4 aromatic carbocycles. The second-order valence-electron chi connectivity index (χ2n) is 23.7. The topological polar surface area (TPSA) is 74.4 Å². The largest absolute Gasteiger partial charge is 0.354 e. The minimum Gasteiger partial charge on any atom is -0.354 e. The van der Waals surface area contributed by atoms with Crippen LogP contribution in [0.2, 0.25) is 0 Å². The first-order chi connectivity index (χ1) is 32.5. The van der Waals surface area contributed by atoms with E-state index in [0.29, 0.717) is 18.4 Å². The Morgan fingerprint density at radius 1 is 0.406 bits per heavy atom. The van der Waals surface area contributed by atoms with Crippen molar-refractivity contribution in [3.8, 4) is 44.5 Å². The molecule has 0 unspecified atom stereocenters. The molecular weight excluding hydrogens is 841 g/mol. The molecule has 10 rings (SSSR count). The number of Topliss-reactive ketones (excluding diaryl/α,β-unsaturated/α-hetero) is 1. The number of hydrogen-bond donors (Lipinski definition) is 2. The van der Waals surface area contributed by atoms with Crippen molar-refractivity contribution in [3.05, 3.63) is 165 Å². The van der Waals surface area contributed by atoms with Gasteiger partial charge in [0.25, 0.3) is 0 Å². The number of benzene rings is 4. The Balaban J connectivity index is 1.40. The number of H-pyrrole nitrogens is 2. The summed E-state index contributed by atoms with van der Waals surface area (Å²) in [6, 6.07) is 38.0. The van der Waals surface area contributed by atoms with Crippen molar-refractivity contribution in [2.45, 2.75) is 125 Å². The molecule has 0 radical (unpaired) electrons. The Morgan fingerprint density at radius 2 is 0.797 bits per heavy atom. The van der Waals surface area contributed by atoms with Crippen molar-refractivity contribution in [2.75, 3.05) is 0 Å². The third-order valence-electron chi connectivity index (χ3n) is 14.4. The van der Waals surface area contributed by atoms with Crippen LogP contribution in [0.5, 0.6) is 0 Å². The van der Waals surface area contributed by atoms with Crippen LogP contribution in [0.4, 0.5) is 0 Å². The van der Waals surface area contributed by atoms with E-state index < -0.39 is 0 Å². The van der Waals surface area contributed by atoms with E-state index >= 15 is 0 Å². The fraction of sp³-hybridized carbons (Fsp3) is 0.297. The Kier molecular flexibility index (Phi) is 10.9. The van der Waals surface area contributed by atoms with Gasteiger partial charge in [0.15, 0.2) is 5.78 Å². The third kappa shape index (κ3) is 8.45. The van der Waals surface area contributed by atoms with Crippen LogP contribution in [-0.2, 0) is 28.1 Å². The lowest BCUT2D eigenvalue weighted by Crippen LogP contribution is -2.14. The molecule has 2 aliphatic heterocycles. The van der Waals surface area contributed by atoms with E-state index in [-0.39, 0.29) is 27.4 Å². The zero-order chi connectivity index (χ0) is 48.9. The average Bonchev–Trinajstić information content (AvgIpc) is 4.12. The van der Waals surface area contributed by atoms with Gasteiger partial charge in [0.2, 0.25) is 0 Å². The number of aromatic amines is 2. The molecule has 5 heteroatoms. The van der Waals surface area contributed by atoms with Crippen LogP contribution in [-0.4, -0.2) is 25.7 Å². The molecule has 7 aromatic rings. The molecule has 2 N–H and O–H groups in total. The van der Waals surface area contributed by atoms with Gasteiger partial charge in [-0.25, -0.2) is 9.97 Å². The summed E-state index contributed by atoms with van der Waals surface area (Å²) in [6.07, 6.45) is 9.64. The van der Waals surface area contributed by atoms with E-state index in [2.05, 4.69) is 227 Å². The zero-order valence-electron chi connectivity index (χ0n) is 42.8. The van der Waals surface area contributed by atoms with E-state index in [1.807, 2.05) is 0 Å². The summed E-state index contributed by atoms with van der Waals surface area (Å²) in [4.78, 5) is 34.0. The van der Waals surface area contributed by atoms with Crippen molar-refractivity contribution in [2.24, 2.45) is 0 Å². The third-order valence-corrected chi connectivity index (χ3v) is 14.4. The molecule has 0 amide bonds. The Hall–Kier alpha value is -6.85. The van der Waals surface area contributed by atoms with E-state index in [0.717, 1.165) is 89.4 Å². The maximum Gasteiger partial charge on any atom is 0.165 e. The summed E-state index contributed by atoms with van der Waals surface area (Å²) in [5.41, 5.74) is 23.1. The molecule has 0 spiro atoms. The molecule has 0 saturated carbocycles. The summed E-state index contributed by atoms with van der Waals surface area (Å²) in [5.74, 6) is 0.108. The molecule has 3 aromatic heterocycles. The highest BCUT2D eigenvalue weighted by molar-refractivity contribution is 6.12. The second kappa shape index (κ2) is 16.4. The van der Waals surface area contributed by atoms with Crippen LogP contribution < -0.4 is 0 Å². The summed E-state index contributed by atoms with van der Waals surface area (Å²) in [7, 11) is 0. The minimum atomic E-state index is -0.0694. The van der Waals surface area contributed by atoms with E-state index in [1.165, 1.54) is 33.4 Å². The number of nitrogens with zero attached hydrogens (tertiary/aromatic N) is 2. The number of nitrogens with one attached hydrogen (secondary N) is 2. The van der Waals surface area contributed by atoms with Crippen molar-refractivity contribution >= 4 is 52.2 Å². The Morgan fingerprint density at radius 3 is 1.20 bits per heavy atom. The molecule has 0 atom stereocenters. The lowest BCUT2D eigenvalue weighted by Gasteiger charge is -2.24. The van der Waals surface area contributed by atoms with Crippen LogP contribution in [0.15, 0.2) is 103 Å². The number of hydrogen-bond acceptors (Lipinski definition) is 3. The van der Waals surface area contributed by atoms with Gasteiger partial charge in [-0.2, -0.15) is 0 Å². The SMILES string of the molecule is Cc1cc(C(C)(C)C)cc2c1-c1c3nc(c(-c4ccc(C(C)(C)C)cc4)c4ccc([nH]4)c(-c4ccc(C(C)(C)C)cc4)c4nc(c(-c5ccc(C(C)(C)C)cc5)c5cc(c1[nH]5)C(=O)CC2)C=C4)C=C3. The van der Waals surface area contributed by atoms with E-state index in [1.54, 1.807) is 0 Å². The van der Waals surface area contributed by atoms with Gasteiger partial charge in [-0.1, -0.05) is 168 Å². The molecular formula is C64H66N4O. The van der Waals surface area contributed by atoms with Crippen LogP contribution in [0.3, 0.4) is 0 Å². The van der Waals surface area contributed by atoms with Gasteiger partial charge < -0.3 is 9.97 Å². The quantitative estimate of drug-likeness (QED) is 0.185. The minimum absolute atomic E-state index is 0.00125. The van der Waals surface area contributed by atoms with Crippen molar-refractivity contribution < 1.29 is 4.79 Å². The van der Waals surface area contributed by atoms with Gasteiger partial charge in [0.05, 0.1) is 28.3 Å². The lowest BCUT2D eigenvalue weighted by atomic mass is 9.80. The number of fused-ring (bicyclic) bond motifs is 10. The molecule has 1 aliphatic carbocycles. The molecule has 5 heterocycles. The summed E-state index contributed by atoms with van der Waals surface area (Å²) in [5, 5.41) is 0. The zero-order valence-corrected chi connectivity index (χ0v) is 42.8. The lowest BCUT2D eigenvalue weighted by molar-refractivity contribution is 0.0984. The number of aryl methyl sites for hydroxylation is 2. The standard InChI is InChI=1S/C64H66N4O/c1-37-34-45(64(11,12)13)35-41-20-33-54(69)46-36-53-58(40-18-25-44(26-19-40)63(8,9)10)51-30-29-49(66-51)56(38-14-21-42(22-15-38)61(2,3)4)47-27-28-48(65-47)57(39-16-23-43(24-17-39)62(5,6)7)50-31-32-52(67-50)59(55(37)41)60(46)68-53/h14-19,21-32,34-36,65,68H,20,33H2,1-13H3. The van der Waals surface area contributed by atoms with Gasteiger partial charge in [-0.15, -0.1) is 0 Å². The van der Waals surface area contributed by atoms with Crippen LogP contribution in [0.25, 0.3) is 90.9 Å². The molecule has 5 nitrogen and oxygen atoms in total. The summed E-state index contributed by atoms with van der Waals surface area (Å²) in [6.45, 7) is 29.3. The second-order valence-corrected chi connectivity index (χ2v) is 23.7. The number of carbonyl (C=O) groups is 1. The Bertz CT molecular complexity index is 3450. The predicted octanol–water partition coefficient (Wildman–Crippen LogP) is 17.0. The summed E-state index contributed by atoms with van der Waals surface area (Å²) >= 11 is 0. The van der Waals surface area contributed by atoms with E-state index in [9.17, 15) is 4.79 Å². The Labute approximate surface area is 408 Å². The number of aromatic nitrogens is 4. The van der Waals surface area contributed by atoms with Crippen molar-refractivity contribution in [3.63, 3.8) is 0 Å². The van der Waals surface area contributed by atoms with Crippen LogP contribution in [0.1, 0.15) is 156 Å². The predicted molar refractivity (Wildman–Crippen MR) is 293 cm³/mol. The van der Waals surface area contributed by atoms with E-state index in [4.69, 9.17) is 9.97 Å².